The molecule has 1 fully saturated rings. The summed E-state index contributed by atoms with van der Waals surface area (Å²) < 4.78 is 11.5. The number of methoxy groups -OCH3 is 2. The summed E-state index contributed by atoms with van der Waals surface area (Å²) in [7, 11) is 3.09. The van der Waals surface area contributed by atoms with Gasteiger partial charge in [0.2, 0.25) is 0 Å². The van der Waals surface area contributed by atoms with Crippen molar-refractivity contribution in [1.82, 2.24) is 5.32 Å². The van der Waals surface area contributed by atoms with E-state index in [1.807, 2.05) is 30.3 Å². The van der Waals surface area contributed by atoms with Crippen molar-refractivity contribution in [3.63, 3.8) is 0 Å². The first-order chi connectivity index (χ1) is 13.9. The molecule has 0 unspecified atom stereocenters. The molecule has 2 aromatic carbocycles. The Morgan fingerprint density at radius 1 is 1.14 bits per heavy atom. The van der Waals surface area contributed by atoms with Gasteiger partial charge in [0.1, 0.15) is 5.57 Å². The Morgan fingerprint density at radius 3 is 2.41 bits per heavy atom. The highest BCUT2D eigenvalue weighted by atomic mass is 127. The van der Waals surface area contributed by atoms with Crippen LogP contribution in [0.15, 0.2) is 42.0 Å². The Bertz CT molecular complexity index is 1020. The topological polar surface area (TPSA) is 67.9 Å². The largest absolute Gasteiger partial charge is 0.493 e. The van der Waals surface area contributed by atoms with Crippen molar-refractivity contribution in [2.24, 2.45) is 0 Å². The standard InChI is InChI=1S/C21H19IN2O4S/c1-4-12-5-7-14(8-6-12)24-20(26)15(19(25)23-21(24)29)9-13-10-16(22)18(28-3)17(11-13)27-2/h5-11H,4H2,1-3H3,(H,23,25,29)/b15-9+. The number of aryl methyl sites for hydroxylation is 1. The maximum absolute atomic E-state index is 13.1. The first kappa shape index (κ1) is 21.3. The van der Waals surface area contributed by atoms with Gasteiger partial charge in [-0.3, -0.25) is 19.8 Å². The van der Waals surface area contributed by atoms with Crippen molar-refractivity contribution in [1.29, 1.82) is 0 Å². The zero-order valence-corrected chi connectivity index (χ0v) is 19.1. The van der Waals surface area contributed by atoms with Crippen molar-refractivity contribution >= 4 is 63.5 Å². The Balaban J connectivity index is 2.02. The van der Waals surface area contributed by atoms with Crippen LogP contribution in [-0.2, 0) is 16.0 Å². The molecule has 8 heteroatoms. The lowest BCUT2D eigenvalue weighted by atomic mass is 10.1. The molecule has 2 amide bonds. The number of carbonyl (C=O) groups is 2. The van der Waals surface area contributed by atoms with Crippen LogP contribution in [0.3, 0.4) is 0 Å². The maximum atomic E-state index is 13.1. The van der Waals surface area contributed by atoms with Gasteiger partial charge in [-0.1, -0.05) is 19.1 Å². The van der Waals surface area contributed by atoms with Crippen molar-refractivity contribution in [2.75, 3.05) is 19.1 Å². The molecule has 1 aliphatic rings. The van der Waals surface area contributed by atoms with E-state index in [9.17, 15) is 9.59 Å². The van der Waals surface area contributed by atoms with Crippen LogP contribution in [0, 0.1) is 3.57 Å². The van der Waals surface area contributed by atoms with Gasteiger partial charge in [-0.2, -0.15) is 0 Å². The summed E-state index contributed by atoms with van der Waals surface area (Å²) in [4.78, 5) is 26.9. The van der Waals surface area contributed by atoms with E-state index in [4.69, 9.17) is 21.7 Å². The van der Waals surface area contributed by atoms with Crippen molar-refractivity contribution < 1.29 is 19.1 Å². The van der Waals surface area contributed by atoms with Gasteiger partial charge >= 0.3 is 0 Å². The number of amides is 2. The van der Waals surface area contributed by atoms with Crippen LogP contribution < -0.4 is 19.7 Å². The van der Waals surface area contributed by atoms with Crippen LogP contribution in [0.4, 0.5) is 5.69 Å². The van der Waals surface area contributed by atoms with Gasteiger partial charge in [0.15, 0.2) is 16.6 Å². The highest BCUT2D eigenvalue weighted by molar-refractivity contribution is 14.1. The highest BCUT2D eigenvalue weighted by Crippen LogP contribution is 2.34. The molecule has 0 aliphatic carbocycles. The average Bonchev–Trinajstić information content (AvgIpc) is 2.71. The number of thiocarbonyl (C=S) groups is 1. The molecule has 6 nitrogen and oxygen atoms in total. The van der Waals surface area contributed by atoms with E-state index in [-0.39, 0.29) is 10.7 Å². The minimum Gasteiger partial charge on any atom is -0.493 e. The molecule has 1 aliphatic heterocycles. The zero-order chi connectivity index (χ0) is 21.1. The molecule has 0 atom stereocenters. The van der Waals surface area contributed by atoms with E-state index in [0.29, 0.717) is 22.7 Å². The zero-order valence-electron chi connectivity index (χ0n) is 16.1. The maximum Gasteiger partial charge on any atom is 0.270 e. The number of hydrogen-bond donors (Lipinski definition) is 1. The smallest absolute Gasteiger partial charge is 0.270 e. The summed E-state index contributed by atoms with van der Waals surface area (Å²) >= 11 is 7.36. The van der Waals surface area contributed by atoms with Crippen LogP contribution in [-0.4, -0.2) is 31.1 Å². The molecular formula is C21H19IN2O4S. The number of nitrogens with one attached hydrogen (secondary N) is 1. The fraction of sp³-hybridized carbons (Fsp3) is 0.190. The van der Waals surface area contributed by atoms with Crippen LogP contribution in [0.25, 0.3) is 6.08 Å². The number of nitrogens with zero attached hydrogens (tertiary/aromatic N) is 1. The molecule has 0 aromatic heterocycles. The molecule has 1 saturated heterocycles. The van der Waals surface area contributed by atoms with Crippen LogP contribution in [0.1, 0.15) is 18.1 Å². The third-order valence-electron chi connectivity index (χ3n) is 4.47. The Morgan fingerprint density at radius 2 is 1.83 bits per heavy atom. The predicted octanol–water partition coefficient (Wildman–Crippen LogP) is 3.70. The third kappa shape index (κ3) is 4.27. The lowest BCUT2D eigenvalue weighted by Gasteiger charge is -2.29. The van der Waals surface area contributed by atoms with Gasteiger partial charge in [-0.25, -0.2) is 0 Å². The van der Waals surface area contributed by atoms with Crippen molar-refractivity contribution in [3.8, 4) is 11.5 Å². The fourth-order valence-corrected chi connectivity index (χ4v) is 4.09. The molecule has 0 spiro atoms. The average molecular weight is 522 g/mol. The van der Waals surface area contributed by atoms with E-state index in [2.05, 4.69) is 34.8 Å². The third-order valence-corrected chi connectivity index (χ3v) is 5.56. The number of carbonyl (C=O) groups excluding carboxylic acids is 2. The predicted molar refractivity (Wildman–Crippen MR) is 124 cm³/mol. The normalized spacial score (nSPS) is 15.5. The summed E-state index contributed by atoms with van der Waals surface area (Å²) in [5, 5.41) is 2.65. The first-order valence-electron chi connectivity index (χ1n) is 8.81. The summed E-state index contributed by atoms with van der Waals surface area (Å²) in [5.74, 6) is 0.0879. The Kier molecular flexibility index (Phi) is 6.53. The van der Waals surface area contributed by atoms with Crippen molar-refractivity contribution in [2.45, 2.75) is 13.3 Å². The summed E-state index contributed by atoms with van der Waals surface area (Å²) in [6.07, 6.45) is 2.41. The number of benzene rings is 2. The quantitative estimate of drug-likeness (QED) is 0.281. The molecule has 0 saturated carbocycles. The van der Waals surface area contributed by atoms with E-state index in [1.54, 1.807) is 13.2 Å². The number of anilines is 1. The number of ether oxygens (including phenoxy) is 2. The highest BCUT2D eigenvalue weighted by Gasteiger charge is 2.34. The molecule has 29 heavy (non-hydrogen) atoms. The molecule has 0 radical (unpaired) electrons. The lowest BCUT2D eigenvalue weighted by molar-refractivity contribution is -0.122. The minimum atomic E-state index is -0.536. The second-order valence-corrected chi connectivity index (χ2v) is 7.76. The van der Waals surface area contributed by atoms with E-state index >= 15 is 0 Å². The van der Waals surface area contributed by atoms with Gasteiger partial charge in [0, 0.05) is 0 Å². The minimum absolute atomic E-state index is 0.0128. The van der Waals surface area contributed by atoms with E-state index in [1.165, 1.54) is 18.1 Å². The molecule has 3 rings (SSSR count). The van der Waals surface area contributed by atoms with Crippen LogP contribution >= 0.6 is 34.8 Å². The van der Waals surface area contributed by atoms with Gasteiger partial charge < -0.3 is 9.47 Å². The van der Waals surface area contributed by atoms with Gasteiger partial charge in [-0.15, -0.1) is 0 Å². The number of hydrogen-bond acceptors (Lipinski definition) is 5. The van der Waals surface area contributed by atoms with Gasteiger partial charge in [-0.05, 0) is 82.7 Å². The first-order valence-corrected chi connectivity index (χ1v) is 10.3. The van der Waals surface area contributed by atoms with Crippen LogP contribution in [0.2, 0.25) is 0 Å². The Labute approximate surface area is 188 Å². The number of halogens is 1. The molecule has 1 heterocycles. The SMILES string of the molecule is CCc1ccc(N2C(=O)/C(=C/c3cc(I)c(OC)c(OC)c3)C(=O)NC2=S)cc1. The second-order valence-electron chi connectivity index (χ2n) is 6.22. The molecule has 1 N–H and O–H groups in total. The fourth-order valence-electron chi connectivity index (χ4n) is 2.96. The van der Waals surface area contributed by atoms with Gasteiger partial charge in [0.05, 0.1) is 23.5 Å². The summed E-state index contributed by atoms with van der Waals surface area (Å²) in [6, 6.07) is 11.0. The lowest BCUT2D eigenvalue weighted by Crippen LogP contribution is -2.54. The van der Waals surface area contributed by atoms with Crippen LogP contribution in [0.5, 0.6) is 11.5 Å². The van der Waals surface area contributed by atoms with E-state index < -0.39 is 11.8 Å². The second kappa shape index (κ2) is 8.91. The van der Waals surface area contributed by atoms with Crippen molar-refractivity contribution in [3.05, 3.63) is 56.7 Å². The molecular weight excluding hydrogens is 503 g/mol. The van der Waals surface area contributed by atoms with E-state index in [0.717, 1.165) is 15.6 Å². The number of rotatable bonds is 5. The Hall–Kier alpha value is -2.46. The summed E-state index contributed by atoms with van der Waals surface area (Å²) in [5.41, 5.74) is 2.37. The molecule has 2 aromatic rings. The summed E-state index contributed by atoms with van der Waals surface area (Å²) in [6.45, 7) is 2.05. The van der Waals surface area contributed by atoms with Gasteiger partial charge in [0.25, 0.3) is 11.8 Å². The molecule has 150 valence electrons. The molecule has 0 bridgehead atoms. The monoisotopic (exact) mass is 522 g/mol.